The highest BCUT2D eigenvalue weighted by Crippen LogP contribution is 2.22. The fraction of sp³-hybridized carbons (Fsp3) is 0.450. The number of benzene rings is 1. The van der Waals surface area contributed by atoms with Gasteiger partial charge in [0.05, 0.1) is 5.52 Å². The van der Waals surface area contributed by atoms with Crippen LogP contribution in [0.4, 0.5) is 4.79 Å². The van der Waals surface area contributed by atoms with E-state index < -0.39 is 29.1 Å². The summed E-state index contributed by atoms with van der Waals surface area (Å²) in [7, 11) is 0. The van der Waals surface area contributed by atoms with E-state index in [-0.39, 0.29) is 6.42 Å². The number of nitrogens with zero attached hydrogens (tertiary/aromatic N) is 1. The largest absolute Gasteiger partial charge is 0.481 e. The van der Waals surface area contributed by atoms with E-state index in [9.17, 15) is 14.4 Å². The molecule has 8 heteroatoms. The zero-order valence-electron chi connectivity index (χ0n) is 16.8. The summed E-state index contributed by atoms with van der Waals surface area (Å²) in [6, 6.07) is 7.39. The second kappa shape index (κ2) is 7.92. The van der Waals surface area contributed by atoms with Crippen LogP contribution in [0.5, 0.6) is 0 Å². The summed E-state index contributed by atoms with van der Waals surface area (Å²) in [4.78, 5) is 35.7. The lowest BCUT2D eigenvalue weighted by Crippen LogP contribution is -2.54. The number of carboxylic acids is 1. The van der Waals surface area contributed by atoms with Gasteiger partial charge in [-0.1, -0.05) is 18.2 Å². The van der Waals surface area contributed by atoms with Crippen molar-refractivity contribution in [3.63, 3.8) is 0 Å². The molecule has 152 valence electrons. The number of ether oxygens (including phenoxy) is 1. The Morgan fingerprint density at radius 2 is 1.75 bits per heavy atom. The summed E-state index contributed by atoms with van der Waals surface area (Å²) in [6.07, 6.45) is 1.35. The topological polar surface area (TPSA) is 110 Å². The zero-order chi connectivity index (χ0) is 21.1. The summed E-state index contributed by atoms with van der Waals surface area (Å²) in [5.41, 5.74) is 2.42. The molecular weight excluding hydrogens is 362 g/mol. The molecule has 28 heavy (non-hydrogen) atoms. The molecule has 3 N–H and O–H groups in total. The highest BCUT2D eigenvalue weighted by molar-refractivity contribution is 5.96. The van der Waals surface area contributed by atoms with Crippen LogP contribution in [0.3, 0.4) is 0 Å². The summed E-state index contributed by atoms with van der Waals surface area (Å²) in [5.74, 6) is -1.33. The van der Waals surface area contributed by atoms with Crippen LogP contribution in [0.25, 0.3) is 10.9 Å². The van der Waals surface area contributed by atoms with Gasteiger partial charge in [0.1, 0.15) is 11.1 Å². The Morgan fingerprint density at radius 3 is 2.36 bits per heavy atom. The van der Waals surface area contributed by atoms with Crippen molar-refractivity contribution in [3.05, 3.63) is 36.0 Å². The Morgan fingerprint density at radius 1 is 1.11 bits per heavy atom. The van der Waals surface area contributed by atoms with Gasteiger partial charge in [-0.05, 0) is 52.7 Å². The zero-order valence-corrected chi connectivity index (χ0v) is 16.8. The molecule has 0 atom stereocenters. The average Bonchev–Trinajstić information content (AvgIpc) is 2.88. The van der Waals surface area contributed by atoms with Gasteiger partial charge in [-0.3, -0.25) is 19.7 Å². The molecule has 0 aliphatic heterocycles. The number of fused-ring (bicyclic) bond motifs is 1. The molecule has 0 bridgehead atoms. The van der Waals surface area contributed by atoms with Gasteiger partial charge in [0.15, 0.2) is 0 Å². The van der Waals surface area contributed by atoms with Crippen molar-refractivity contribution in [2.24, 2.45) is 0 Å². The van der Waals surface area contributed by atoms with E-state index in [1.165, 1.54) is 0 Å². The third kappa shape index (κ3) is 5.48. The molecule has 0 aliphatic carbocycles. The van der Waals surface area contributed by atoms with Crippen LogP contribution in [0.1, 0.15) is 46.6 Å². The number of hydrogen-bond donors (Lipinski definition) is 3. The molecule has 2 amide bonds. The van der Waals surface area contributed by atoms with Crippen LogP contribution in [-0.4, -0.2) is 38.9 Å². The number of amides is 2. The molecule has 8 nitrogen and oxygen atoms in total. The first-order valence-corrected chi connectivity index (χ1v) is 9.02. The first-order chi connectivity index (χ1) is 12.9. The van der Waals surface area contributed by atoms with Gasteiger partial charge >= 0.3 is 12.1 Å². The Bertz CT molecular complexity index is 893. The Balaban J connectivity index is 2.19. The van der Waals surface area contributed by atoms with Gasteiger partial charge in [-0.2, -0.15) is 0 Å². The van der Waals surface area contributed by atoms with Crippen molar-refractivity contribution in [1.29, 1.82) is 0 Å². The smallest absolute Gasteiger partial charge is 0.408 e. The predicted molar refractivity (Wildman–Crippen MR) is 106 cm³/mol. The highest BCUT2D eigenvalue weighted by atomic mass is 16.6. The molecule has 0 radical (unpaired) electrons. The minimum atomic E-state index is -1.23. The second-order valence-corrected chi connectivity index (χ2v) is 8.13. The summed E-state index contributed by atoms with van der Waals surface area (Å²) >= 11 is 0. The van der Waals surface area contributed by atoms with E-state index in [4.69, 9.17) is 9.84 Å². The van der Waals surface area contributed by atoms with Crippen LogP contribution >= 0.6 is 0 Å². The van der Waals surface area contributed by atoms with Crippen LogP contribution in [-0.2, 0) is 20.7 Å². The van der Waals surface area contributed by atoms with E-state index in [0.717, 1.165) is 16.5 Å². The van der Waals surface area contributed by atoms with Gasteiger partial charge < -0.3 is 15.2 Å². The first-order valence-electron chi connectivity index (χ1n) is 9.02. The Kier molecular flexibility index (Phi) is 6.01. The number of carbonyl (C=O) groups is 3. The minimum Gasteiger partial charge on any atom is -0.481 e. The van der Waals surface area contributed by atoms with E-state index in [2.05, 4.69) is 10.7 Å². The van der Waals surface area contributed by atoms with Crippen molar-refractivity contribution in [2.75, 3.05) is 5.43 Å². The van der Waals surface area contributed by atoms with E-state index in [0.29, 0.717) is 6.42 Å². The lowest BCUT2D eigenvalue weighted by Gasteiger charge is -2.27. The number of aryl methyl sites for hydroxylation is 1. The van der Waals surface area contributed by atoms with E-state index in [1.54, 1.807) is 45.5 Å². The molecule has 0 unspecified atom stereocenters. The van der Waals surface area contributed by atoms with Crippen LogP contribution in [0.2, 0.25) is 0 Å². The van der Waals surface area contributed by atoms with Gasteiger partial charge in [0.25, 0.3) is 5.91 Å². The fourth-order valence-electron chi connectivity index (χ4n) is 2.65. The maximum absolute atomic E-state index is 12.8. The maximum atomic E-state index is 12.8. The van der Waals surface area contributed by atoms with E-state index in [1.807, 2.05) is 24.3 Å². The van der Waals surface area contributed by atoms with Crippen molar-refractivity contribution in [1.82, 2.24) is 9.99 Å². The molecule has 1 aromatic heterocycles. The molecule has 0 fully saturated rings. The standard InChI is InChI=1S/C20H27N3O5/c1-19(2,3)28-18(27)21-20(4,5)17(26)22-23-12-13(10-11-16(24)25)14-8-6-7-9-15(14)23/h6-9,12H,10-11H2,1-5H3,(H,21,27)(H,22,26)(H,24,25). The number of carboxylic acid groups (broad SMARTS) is 1. The van der Waals surface area contributed by atoms with Gasteiger partial charge in [0.2, 0.25) is 0 Å². The number of aromatic nitrogens is 1. The molecule has 0 saturated carbocycles. The number of rotatable bonds is 6. The Hall–Kier alpha value is -3.03. The maximum Gasteiger partial charge on any atom is 0.408 e. The fourth-order valence-corrected chi connectivity index (χ4v) is 2.65. The number of hydrogen-bond acceptors (Lipinski definition) is 4. The normalized spacial score (nSPS) is 11.9. The molecular formula is C20H27N3O5. The van der Waals surface area contributed by atoms with E-state index >= 15 is 0 Å². The summed E-state index contributed by atoms with van der Waals surface area (Å²) in [6.45, 7) is 8.37. The molecule has 0 saturated heterocycles. The summed E-state index contributed by atoms with van der Waals surface area (Å²) < 4.78 is 6.76. The molecule has 2 rings (SSSR count). The second-order valence-electron chi connectivity index (χ2n) is 8.13. The lowest BCUT2D eigenvalue weighted by molar-refractivity contribution is -0.137. The van der Waals surface area contributed by atoms with Crippen LogP contribution in [0.15, 0.2) is 30.5 Å². The lowest BCUT2D eigenvalue weighted by atomic mass is 10.1. The van der Waals surface area contributed by atoms with Gasteiger partial charge in [-0.15, -0.1) is 0 Å². The monoisotopic (exact) mass is 389 g/mol. The minimum absolute atomic E-state index is 0.00630. The number of aliphatic carboxylic acids is 1. The Labute approximate surface area is 163 Å². The molecule has 0 spiro atoms. The first kappa shape index (κ1) is 21.3. The van der Waals surface area contributed by atoms with Gasteiger partial charge in [-0.25, -0.2) is 4.79 Å². The van der Waals surface area contributed by atoms with Gasteiger partial charge in [0, 0.05) is 18.0 Å². The third-order valence-corrected chi connectivity index (χ3v) is 4.01. The molecule has 1 aromatic carbocycles. The van der Waals surface area contributed by atoms with Crippen molar-refractivity contribution in [2.45, 2.75) is 58.6 Å². The highest BCUT2D eigenvalue weighted by Gasteiger charge is 2.32. The predicted octanol–water partition coefficient (Wildman–Crippen LogP) is 3.03. The number of carbonyl (C=O) groups excluding carboxylic acids is 2. The molecule has 0 aliphatic rings. The van der Waals surface area contributed by atoms with Crippen LogP contribution < -0.4 is 10.7 Å². The van der Waals surface area contributed by atoms with Crippen molar-refractivity contribution >= 4 is 28.9 Å². The number of para-hydroxylation sites is 1. The quantitative estimate of drug-likeness (QED) is 0.703. The molecule has 2 aromatic rings. The van der Waals surface area contributed by atoms with Crippen molar-refractivity contribution < 1.29 is 24.2 Å². The average molecular weight is 389 g/mol. The third-order valence-electron chi connectivity index (χ3n) is 4.01. The van der Waals surface area contributed by atoms with Crippen LogP contribution in [0, 0.1) is 0 Å². The molecule has 1 heterocycles. The number of nitrogens with one attached hydrogen (secondary N) is 2. The SMILES string of the molecule is CC(C)(C)OC(=O)NC(C)(C)C(=O)Nn1cc(CCC(=O)O)c2ccccc21. The van der Waals surface area contributed by atoms with Crippen molar-refractivity contribution in [3.8, 4) is 0 Å². The summed E-state index contributed by atoms with van der Waals surface area (Å²) in [5, 5.41) is 12.4. The number of alkyl carbamates (subject to hydrolysis) is 1.